The maximum absolute atomic E-state index is 11.5. The molecule has 0 aromatic rings. The van der Waals surface area contributed by atoms with E-state index in [1.54, 1.807) is 30.4 Å². The lowest BCUT2D eigenvalue weighted by Gasteiger charge is -2.12. The van der Waals surface area contributed by atoms with Gasteiger partial charge in [0.15, 0.2) is 5.78 Å². The third kappa shape index (κ3) is 1.46. The zero-order valence-corrected chi connectivity index (χ0v) is 7.60. The average Bonchev–Trinajstić information content (AvgIpc) is 2.20. The van der Waals surface area contributed by atoms with Crippen LogP contribution >= 0.6 is 0 Å². The number of allylic oxidation sites excluding steroid dienone is 9. The van der Waals surface area contributed by atoms with Crippen LogP contribution in [0.2, 0.25) is 0 Å². The number of hydrogen-bond acceptors (Lipinski definition) is 2. The van der Waals surface area contributed by atoms with Gasteiger partial charge in [0.25, 0.3) is 0 Å². The van der Waals surface area contributed by atoms with E-state index in [2.05, 4.69) is 0 Å². The molecule has 0 saturated heterocycles. The van der Waals surface area contributed by atoms with Gasteiger partial charge in [-0.25, -0.2) is 0 Å². The zero-order valence-electron chi connectivity index (χ0n) is 7.60. The summed E-state index contributed by atoms with van der Waals surface area (Å²) >= 11 is 0. The fraction of sp³-hybridized carbons (Fsp3) is 0.0833. The van der Waals surface area contributed by atoms with E-state index in [1.807, 2.05) is 6.08 Å². The van der Waals surface area contributed by atoms with Crippen LogP contribution in [0.1, 0.15) is 6.42 Å². The first-order valence-electron chi connectivity index (χ1n) is 4.47. The molecule has 0 aromatic heterocycles. The molecule has 0 amide bonds. The number of rotatable bonds is 0. The molecule has 0 bridgehead atoms. The Morgan fingerprint density at radius 1 is 1.14 bits per heavy atom. The van der Waals surface area contributed by atoms with Crippen molar-refractivity contribution < 1.29 is 9.90 Å². The van der Waals surface area contributed by atoms with Gasteiger partial charge in [0.1, 0.15) is 5.76 Å². The van der Waals surface area contributed by atoms with Crippen LogP contribution in [-0.4, -0.2) is 10.9 Å². The quantitative estimate of drug-likeness (QED) is 0.590. The predicted octanol–water partition coefficient (Wildman–Crippen LogP) is 2.38. The monoisotopic (exact) mass is 186 g/mol. The molecule has 0 atom stereocenters. The Morgan fingerprint density at radius 3 is 2.64 bits per heavy atom. The second kappa shape index (κ2) is 3.50. The SMILES string of the molecule is O=C1C=CC=CC1=C1CC=CC=C1O. The fourth-order valence-electron chi connectivity index (χ4n) is 1.51. The number of aliphatic hydroxyl groups excluding tert-OH is 1. The van der Waals surface area contributed by atoms with Crippen molar-refractivity contribution in [3.8, 4) is 0 Å². The maximum atomic E-state index is 11.5. The van der Waals surface area contributed by atoms with Crippen LogP contribution in [0.15, 0.2) is 59.4 Å². The lowest BCUT2D eigenvalue weighted by molar-refractivity contribution is -0.111. The second-order valence-electron chi connectivity index (χ2n) is 3.16. The summed E-state index contributed by atoms with van der Waals surface area (Å²) in [6.07, 6.45) is 12.7. The smallest absolute Gasteiger partial charge is 0.186 e. The molecule has 0 aromatic carbocycles. The Balaban J connectivity index is 2.46. The number of hydrogen-bond donors (Lipinski definition) is 1. The molecule has 0 fully saturated rings. The van der Waals surface area contributed by atoms with E-state index in [9.17, 15) is 9.90 Å². The van der Waals surface area contributed by atoms with E-state index in [4.69, 9.17) is 0 Å². The molecule has 0 heterocycles. The van der Waals surface area contributed by atoms with E-state index in [0.29, 0.717) is 17.6 Å². The normalized spacial score (nSPS) is 25.4. The van der Waals surface area contributed by atoms with Crippen LogP contribution in [-0.2, 0) is 4.79 Å². The van der Waals surface area contributed by atoms with Crippen LogP contribution in [0, 0.1) is 0 Å². The number of ketones is 1. The first-order chi connectivity index (χ1) is 6.79. The van der Waals surface area contributed by atoms with Crippen molar-refractivity contribution in [3.63, 3.8) is 0 Å². The van der Waals surface area contributed by atoms with Crippen molar-refractivity contribution in [1.82, 2.24) is 0 Å². The Kier molecular flexibility index (Phi) is 2.19. The number of aliphatic hydroxyl groups is 1. The predicted molar refractivity (Wildman–Crippen MR) is 54.8 cm³/mol. The van der Waals surface area contributed by atoms with Gasteiger partial charge in [0.05, 0.1) is 0 Å². The molecule has 1 N–H and O–H groups in total. The highest BCUT2D eigenvalue weighted by atomic mass is 16.3. The first kappa shape index (κ1) is 8.75. The standard InChI is InChI=1S/C12H10O2/c13-11-7-3-1-5-9(11)10-6-2-4-8-12(10)14/h1-5,7-8,14H,6H2. The highest BCUT2D eigenvalue weighted by Crippen LogP contribution is 2.24. The number of carbonyl (C=O) groups is 1. The van der Waals surface area contributed by atoms with Crippen LogP contribution in [0.25, 0.3) is 0 Å². The van der Waals surface area contributed by atoms with E-state index in [1.165, 1.54) is 6.08 Å². The van der Waals surface area contributed by atoms with Gasteiger partial charge in [-0.1, -0.05) is 30.4 Å². The minimum Gasteiger partial charge on any atom is -0.508 e. The summed E-state index contributed by atoms with van der Waals surface area (Å²) in [4.78, 5) is 11.5. The summed E-state index contributed by atoms with van der Waals surface area (Å²) in [6.45, 7) is 0. The largest absolute Gasteiger partial charge is 0.508 e. The molecule has 2 rings (SSSR count). The average molecular weight is 186 g/mol. The second-order valence-corrected chi connectivity index (χ2v) is 3.16. The lowest BCUT2D eigenvalue weighted by atomic mass is 9.94. The zero-order chi connectivity index (χ0) is 9.97. The molecule has 2 aliphatic carbocycles. The van der Waals surface area contributed by atoms with E-state index >= 15 is 0 Å². The van der Waals surface area contributed by atoms with Crippen LogP contribution in [0.4, 0.5) is 0 Å². The van der Waals surface area contributed by atoms with Crippen molar-refractivity contribution in [2.45, 2.75) is 6.42 Å². The molecular weight excluding hydrogens is 176 g/mol. The number of carbonyl (C=O) groups excluding carboxylic acids is 1. The van der Waals surface area contributed by atoms with Crippen LogP contribution in [0.3, 0.4) is 0 Å². The Hall–Kier alpha value is -1.83. The van der Waals surface area contributed by atoms with Gasteiger partial charge in [-0.2, -0.15) is 0 Å². The third-order valence-corrected chi connectivity index (χ3v) is 2.23. The molecule has 0 aliphatic heterocycles. The third-order valence-electron chi connectivity index (χ3n) is 2.23. The molecular formula is C12H10O2. The Morgan fingerprint density at radius 2 is 1.93 bits per heavy atom. The van der Waals surface area contributed by atoms with E-state index < -0.39 is 0 Å². The molecule has 70 valence electrons. The van der Waals surface area contributed by atoms with Gasteiger partial charge in [-0.15, -0.1) is 0 Å². The molecule has 0 spiro atoms. The Labute approximate surface area is 82.2 Å². The first-order valence-corrected chi connectivity index (χ1v) is 4.47. The van der Waals surface area contributed by atoms with Crippen LogP contribution in [0.5, 0.6) is 0 Å². The fourth-order valence-corrected chi connectivity index (χ4v) is 1.51. The van der Waals surface area contributed by atoms with Gasteiger partial charge < -0.3 is 5.11 Å². The van der Waals surface area contributed by atoms with Gasteiger partial charge in [-0.05, 0) is 18.6 Å². The van der Waals surface area contributed by atoms with Crippen molar-refractivity contribution in [2.75, 3.05) is 0 Å². The minimum absolute atomic E-state index is 0.0437. The van der Waals surface area contributed by atoms with Gasteiger partial charge in [0, 0.05) is 11.1 Å². The molecule has 2 nitrogen and oxygen atoms in total. The van der Waals surface area contributed by atoms with Gasteiger partial charge in [0.2, 0.25) is 0 Å². The van der Waals surface area contributed by atoms with Crippen molar-refractivity contribution in [1.29, 1.82) is 0 Å². The van der Waals surface area contributed by atoms with Crippen molar-refractivity contribution in [2.24, 2.45) is 0 Å². The summed E-state index contributed by atoms with van der Waals surface area (Å²) in [5.74, 6) is 0.147. The molecule has 14 heavy (non-hydrogen) atoms. The van der Waals surface area contributed by atoms with Crippen molar-refractivity contribution >= 4 is 5.78 Å². The summed E-state index contributed by atoms with van der Waals surface area (Å²) in [5, 5.41) is 9.58. The summed E-state index contributed by atoms with van der Waals surface area (Å²) in [7, 11) is 0. The van der Waals surface area contributed by atoms with E-state index in [0.717, 1.165) is 0 Å². The molecule has 2 heteroatoms. The van der Waals surface area contributed by atoms with Gasteiger partial charge >= 0.3 is 0 Å². The lowest BCUT2D eigenvalue weighted by Crippen LogP contribution is -2.05. The highest BCUT2D eigenvalue weighted by molar-refractivity contribution is 6.08. The summed E-state index contributed by atoms with van der Waals surface area (Å²) < 4.78 is 0. The summed E-state index contributed by atoms with van der Waals surface area (Å²) in [6, 6.07) is 0. The molecule has 0 unspecified atom stereocenters. The topological polar surface area (TPSA) is 37.3 Å². The minimum atomic E-state index is -0.0437. The molecule has 0 radical (unpaired) electrons. The van der Waals surface area contributed by atoms with Crippen LogP contribution < -0.4 is 0 Å². The maximum Gasteiger partial charge on any atom is 0.186 e. The molecule has 0 saturated carbocycles. The van der Waals surface area contributed by atoms with Gasteiger partial charge in [-0.3, -0.25) is 4.79 Å². The Bertz CT molecular complexity index is 418. The summed E-state index contributed by atoms with van der Waals surface area (Å²) in [5.41, 5.74) is 1.30. The highest BCUT2D eigenvalue weighted by Gasteiger charge is 2.15. The van der Waals surface area contributed by atoms with Crippen molar-refractivity contribution in [3.05, 3.63) is 59.4 Å². The van der Waals surface area contributed by atoms with E-state index in [-0.39, 0.29) is 11.5 Å². The molecule has 2 aliphatic rings.